The first-order valence-corrected chi connectivity index (χ1v) is 9.92. The van der Waals surface area contributed by atoms with Gasteiger partial charge in [-0.15, -0.1) is 0 Å². The van der Waals surface area contributed by atoms with Crippen molar-refractivity contribution in [2.45, 2.75) is 19.8 Å². The van der Waals surface area contributed by atoms with Crippen LogP contribution in [0.2, 0.25) is 0 Å². The molecule has 0 aliphatic heterocycles. The number of ether oxygens (including phenoxy) is 1. The number of hydrogen-bond acceptors (Lipinski definition) is 3. The van der Waals surface area contributed by atoms with Crippen molar-refractivity contribution < 1.29 is 18.7 Å². The normalized spacial score (nSPS) is 11.7. The molecule has 4 heteroatoms. The Morgan fingerprint density at radius 1 is 0.967 bits per heavy atom. The number of esters is 1. The van der Waals surface area contributed by atoms with Gasteiger partial charge in [-0.05, 0) is 41.0 Å². The molecule has 0 radical (unpaired) electrons. The summed E-state index contributed by atoms with van der Waals surface area (Å²) in [5.41, 5.74) is 2.01. The zero-order chi connectivity index (χ0) is 21.3. The van der Waals surface area contributed by atoms with E-state index in [9.17, 15) is 14.0 Å². The van der Waals surface area contributed by atoms with E-state index in [2.05, 4.69) is 0 Å². The molecule has 0 saturated carbocycles. The molecular formula is C26H23FO3. The largest absolute Gasteiger partial charge is 0.463 e. The fourth-order valence-electron chi connectivity index (χ4n) is 3.20. The lowest BCUT2D eigenvalue weighted by Crippen LogP contribution is -2.02. The molecule has 3 aromatic rings. The summed E-state index contributed by atoms with van der Waals surface area (Å²) in [5, 5.41) is 1.78. The smallest absolute Gasteiger partial charge is 0.330 e. The van der Waals surface area contributed by atoms with Gasteiger partial charge in [-0.25, -0.2) is 9.18 Å². The van der Waals surface area contributed by atoms with Crippen molar-refractivity contribution in [3.8, 4) is 0 Å². The van der Waals surface area contributed by atoms with Gasteiger partial charge in [-0.2, -0.15) is 0 Å². The molecule has 3 aromatic carbocycles. The molecule has 3 nitrogen and oxygen atoms in total. The predicted octanol–water partition coefficient (Wildman–Crippen LogP) is 6.23. The van der Waals surface area contributed by atoms with Crippen LogP contribution in [0.4, 0.5) is 4.39 Å². The van der Waals surface area contributed by atoms with Crippen LogP contribution in [0.3, 0.4) is 0 Å². The van der Waals surface area contributed by atoms with Gasteiger partial charge in [0.2, 0.25) is 0 Å². The van der Waals surface area contributed by atoms with Gasteiger partial charge in [-0.3, -0.25) is 4.79 Å². The first-order valence-electron chi connectivity index (χ1n) is 9.92. The molecule has 0 N–H and O–H groups in total. The average molecular weight is 402 g/mol. The molecule has 152 valence electrons. The molecule has 0 spiro atoms. The van der Waals surface area contributed by atoms with Gasteiger partial charge in [0.25, 0.3) is 0 Å². The minimum atomic E-state index is -0.476. The maximum Gasteiger partial charge on any atom is 0.330 e. The lowest BCUT2D eigenvalue weighted by molar-refractivity contribution is -0.137. The van der Waals surface area contributed by atoms with Gasteiger partial charge >= 0.3 is 5.97 Å². The highest BCUT2D eigenvalue weighted by molar-refractivity contribution is 6.07. The van der Waals surface area contributed by atoms with Gasteiger partial charge in [0.1, 0.15) is 5.82 Å². The van der Waals surface area contributed by atoms with E-state index in [0.717, 1.165) is 29.9 Å². The van der Waals surface area contributed by atoms with Crippen LogP contribution in [0.15, 0.2) is 72.8 Å². The summed E-state index contributed by atoms with van der Waals surface area (Å²) >= 11 is 0. The molecule has 30 heavy (non-hydrogen) atoms. The van der Waals surface area contributed by atoms with Crippen molar-refractivity contribution in [2.24, 2.45) is 0 Å². The molecule has 0 atom stereocenters. The molecule has 0 saturated heterocycles. The van der Waals surface area contributed by atoms with Crippen LogP contribution in [0.1, 0.15) is 41.3 Å². The van der Waals surface area contributed by atoms with Gasteiger partial charge in [0.15, 0.2) is 6.29 Å². The highest BCUT2D eigenvalue weighted by Crippen LogP contribution is 2.31. The number of aldehydes is 1. The van der Waals surface area contributed by atoms with E-state index in [-0.39, 0.29) is 5.82 Å². The molecule has 0 fully saturated rings. The van der Waals surface area contributed by atoms with Crippen molar-refractivity contribution in [3.05, 3.63) is 95.3 Å². The van der Waals surface area contributed by atoms with E-state index < -0.39 is 5.97 Å². The fourth-order valence-corrected chi connectivity index (χ4v) is 3.20. The Balaban J connectivity index is 2.13. The van der Waals surface area contributed by atoms with Crippen molar-refractivity contribution >= 4 is 34.7 Å². The highest BCUT2D eigenvalue weighted by atomic mass is 19.1. The third kappa shape index (κ3) is 5.09. The summed E-state index contributed by atoms with van der Waals surface area (Å²) in [6.07, 6.45) is 7.02. The molecule has 0 aliphatic rings. The fraction of sp³-hybridized carbons (Fsp3) is 0.154. The van der Waals surface area contributed by atoms with E-state index >= 15 is 0 Å². The Bertz CT molecular complexity index is 1110. The lowest BCUT2D eigenvalue weighted by Gasteiger charge is -2.12. The molecule has 0 aliphatic carbocycles. The highest BCUT2D eigenvalue weighted by Gasteiger charge is 2.12. The topological polar surface area (TPSA) is 43.4 Å². The van der Waals surface area contributed by atoms with Crippen molar-refractivity contribution in [2.75, 3.05) is 6.61 Å². The number of rotatable bonds is 8. The zero-order valence-corrected chi connectivity index (χ0v) is 16.8. The van der Waals surface area contributed by atoms with Crippen molar-refractivity contribution in [1.82, 2.24) is 0 Å². The maximum atomic E-state index is 14.3. The standard InChI is InChI=1S/C26H23FO3/c1-2-3-16-30-25(29)15-14-21(17-20-9-5-7-11-24(20)27)26-22(18-28)13-12-19-8-4-6-10-23(19)26/h4-15,17-18H,2-3,16H2,1H3/b15-14+,21-17-. The number of benzene rings is 3. The van der Waals surface area contributed by atoms with E-state index in [1.807, 2.05) is 37.3 Å². The quantitative estimate of drug-likeness (QED) is 0.112. The number of carbonyl (C=O) groups is 2. The van der Waals surface area contributed by atoms with Crippen LogP contribution in [0, 0.1) is 5.82 Å². The first kappa shape index (κ1) is 21.2. The van der Waals surface area contributed by atoms with E-state index in [0.29, 0.717) is 28.9 Å². The Morgan fingerprint density at radius 3 is 2.50 bits per heavy atom. The molecular weight excluding hydrogens is 379 g/mol. The second-order valence-electron chi connectivity index (χ2n) is 6.84. The molecule has 0 amide bonds. The Morgan fingerprint density at radius 2 is 1.73 bits per heavy atom. The van der Waals surface area contributed by atoms with Crippen molar-refractivity contribution in [1.29, 1.82) is 0 Å². The van der Waals surface area contributed by atoms with Crippen LogP contribution in [0.25, 0.3) is 22.4 Å². The van der Waals surface area contributed by atoms with Gasteiger partial charge < -0.3 is 4.74 Å². The number of halogens is 1. The second kappa shape index (κ2) is 10.3. The summed E-state index contributed by atoms with van der Waals surface area (Å²) in [6.45, 7) is 2.36. The number of unbranched alkanes of at least 4 members (excludes halogenated alkanes) is 1. The first-order chi connectivity index (χ1) is 14.6. The van der Waals surface area contributed by atoms with E-state index in [4.69, 9.17) is 4.74 Å². The van der Waals surface area contributed by atoms with Crippen LogP contribution >= 0.6 is 0 Å². The summed E-state index contributed by atoms with van der Waals surface area (Å²) in [5.74, 6) is -0.863. The monoisotopic (exact) mass is 402 g/mol. The summed E-state index contributed by atoms with van der Waals surface area (Å²) in [4.78, 5) is 23.9. The number of hydrogen-bond donors (Lipinski definition) is 0. The molecule has 0 heterocycles. The Kier molecular flexibility index (Phi) is 7.28. The predicted molar refractivity (Wildman–Crippen MR) is 119 cm³/mol. The van der Waals surface area contributed by atoms with E-state index in [1.54, 1.807) is 36.4 Å². The van der Waals surface area contributed by atoms with Gasteiger partial charge in [-0.1, -0.05) is 67.9 Å². The number of allylic oxidation sites excluding steroid dienone is 2. The molecule has 3 rings (SSSR count). The van der Waals surface area contributed by atoms with Crippen molar-refractivity contribution in [3.63, 3.8) is 0 Å². The van der Waals surface area contributed by atoms with Crippen LogP contribution in [0.5, 0.6) is 0 Å². The zero-order valence-electron chi connectivity index (χ0n) is 16.8. The average Bonchev–Trinajstić information content (AvgIpc) is 2.77. The molecule has 0 bridgehead atoms. The van der Waals surface area contributed by atoms with Crippen LogP contribution in [-0.2, 0) is 9.53 Å². The summed E-state index contributed by atoms with van der Waals surface area (Å²) < 4.78 is 19.5. The third-order valence-corrected chi connectivity index (χ3v) is 4.73. The minimum Gasteiger partial charge on any atom is -0.463 e. The maximum absolute atomic E-state index is 14.3. The SMILES string of the molecule is CCCCOC(=O)/C=C/C(=C/c1ccccc1F)c1c(C=O)ccc2ccccc12. The Hall–Kier alpha value is -3.53. The van der Waals surface area contributed by atoms with Crippen LogP contribution in [-0.4, -0.2) is 18.9 Å². The summed E-state index contributed by atoms with van der Waals surface area (Å²) in [6, 6.07) is 17.6. The number of carbonyl (C=O) groups excluding carboxylic acids is 2. The third-order valence-electron chi connectivity index (χ3n) is 4.73. The van der Waals surface area contributed by atoms with Gasteiger partial charge in [0, 0.05) is 22.8 Å². The molecule has 0 unspecified atom stereocenters. The Labute approximate surface area is 175 Å². The molecule has 0 aromatic heterocycles. The van der Waals surface area contributed by atoms with E-state index in [1.165, 1.54) is 12.1 Å². The number of fused-ring (bicyclic) bond motifs is 1. The van der Waals surface area contributed by atoms with Gasteiger partial charge in [0.05, 0.1) is 6.61 Å². The minimum absolute atomic E-state index is 0.347. The summed E-state index contributed by atoms with van der Waals surface area (Å²) in [7, 11) is 0. The lowest BCUT2D eigenvalue weighted by atomic mass is 9.92. The second-order valence-corrected chi connectivity index (χ2v) is 6.84. The van der Waals surface area contributed by atoms with Crippen LogP contribution < -0.4 is 0 Å².